The number of rotatable bonds is 12. The van der Waals surface area contributed by atoms with Crippen LogP contribution in [0.2, 0.25) is 18.1 Å². The second-order valence-corrected chi connectivity index (χ2v) is 20.2. The molecule has 3 rings (SSSR count). The smallest absolute Gasteiger partial charge is 0.410 e. The van der Waals surface area contributed by atoms with Gasteiger partial charge >= 0.3 is 12.1 Å². The van der Waals surface area contributed by atoms with Crippen molar-refractivity contribution in [3.8, 4) is 0 Å². The molecule has 0 bridgehead atoms. The van der Waals surface area contributed by atoms with E-state index in [1.807, 2.05) is 6.92 Å². The summed E-state index contributed by atoms with van der Waals surface area (Å²) in [7, 11) is -1.38. The molecular formula is C37H54F2N2O7Si. The molecule has 272 valence electrons. The van der Waals surface area contributed by atoms with Gasteiger partial charge < -0.3 is 24.0 Å². The molecule has 0 radical (unpaired) electrons. The van der Waals surface area contributed by atoms with Gasteiger partial charge in [-0.05, 0) is 107 Å². The number of esters is 1. The van der Waals surface area contributed by atoms with Crippen LogP contribution in [0.4, 0.5) is 13.6 Å². The normalized spacial score (nSPS) is 18.2. The average Bonchev–Trinajstić information content (AvgIpc) is 3.40. The molecule has 1 heterocycles. The molecule has 4 atom stereocenters. The zero-order valence-electron chi connectivity index (χ0n) is 30.9. The number of halogens is 2. The summed E-state index contributed by atoms with van der Waals surface area (Å²) in [5.74, 6) is -2.64. The molecule has 12 heteroatoms. The summed E-state index contributed by atoms with van der Waals surface area (Å²) < 4.78 is 53.1. The lowest BCUT2D eigenvalue weighted by molar-refractivity contribution is 0.000336. The number of carbonyl (C=O) groups excluding carboxylic acids is 3. The summed E-state index contributed by atoms with van der Waals surface area (Å²) in [6.07, 6.45) is -0.569. The van der Waals surface area contributed by atoms with Crippen molar-refractivity contribution in [1.29, 1.82) is 0 Å². The number of hydrogen-bond donors (Lipinski definition) is 1. The SMILES string of the molecule is CCCOC1CC([C@@H](O[Si](C)(C)C(C)(C)C)[C@H](Cc2cc(F)cc(F)c2)NC(=O)c2cc(C)cc(C(=O)OC)c2)N(C(=O)OC(C)(C)C)C1. The molecule has 2 unspecified atom stereocenters. The van der Waals surface area contributed by atoms with Crippen LogP contribution in [-0.4, -0.2) is 81.3 Å². The molecule has 0 aromatic heterocycles. The van der Waals surface area contributed by atoms with Gasteiger partial charge in [0.2, 0.25) is 0 Å². The maximum atomic E-state index is 14.5. The van der Waals surface area contributed by atoms with Crippen LogP contribution in [-0.2, 0) is 25.1 Å². The highest BCUT2D eigenvalue weighted by molar-refractivity contribution is 6.74. The van der Waals surface area contributed by atoms with Crippen molar-refractivity contribution in [2.24, 2.45) is 0 Å². The minimum absolute atomic E-state index is 0.0193. The molecule has 49 heavy (non-hydrogen) atoms. The fourth-order valence-electron chi connectivity index (χ4n) is 5.65. The molecule has 1 aliphatic rings. The van der Waals surface area contributed by atoms with E-state index in [4.69, 9.17) is 18.6 Å². The quantitative estimate of drug-likeness (QED) is 0.179. The van der Waals surface area contributed by atoms with Crippen molar-refractivity contribution < 1.29 is 41.8 Å². The fourth-order valence-corrected chi connectivity index (χ4v) is 7.01. The van der Waals surface area contributed by atoms with Crippen LogP contribution >= 0.6 is 0 Å². The Morgan fingerprint density at radius 2 is 1.59 bits per heavy atom. The van der Waals surface area contributed by atoms with E-state index < -0.39 is 61.7 Å². The van der Waals surface area contributed by atoms with E-state index in [9.17, 15) is 23.2 Å². The number of methoxy groups -OCH3 is 1. The molecule has 1 aliphatic heterocycles. The molecule has 1 N–H and O–H groups in total. The van der Waals surface area contributed by atoms with Crippen molar-refractivity contribution in [2.45, 2.75) is 123 Å². The van der Waals surface area contributed by atoms with E-state index in [2.05, 4.69) is 39.2 Å². The number of amides is 2. The number of ether oxygens (including phenoxy) is 3. The van der Waals surface area contributed by atoms with Crippen LogP contribution in [0.25, 0.3) is 0 Å². The fraction of sp³-hybridized carbons (Fsp3) is 0.595. The number of benzene rings is 2. The molecule has 2 aromatic carbocycles. The second-order valence-electron chi connectivity index (χ2n) is 15.4. The zero-order valence-corrected chi connectivity index (χ0v) is 31.9. The monoisotopic (exact) mass is 704 g/mol. The number of hydrogen-bond acceptors (Lipinski definition) is 7. The molecule has 1 saturated heterocycles. The lowest BCUT2D eigenvalue weighted by atomic mass is 9.94. The summed E-state index contributed by atoms with van der Waals surface area (Å²) in [6.45, 7) is 20.3. The van der Waals surface area contributed by atoms with E-state index in [1.165, 1.54) is 25.3 Å². The Bertz CT molecular complexity index is 1470. The average molecular weight is 705 g/mol. The Labute approximate surface area is 291 Å². The van der Waals surface area contributed by atoms with Crippen molar-refractivity contribution >= 4 is 26.3 Å². The van der Waals surface area contributed by atoms with Gasteiger partial charge in [-0.3, -0.25) is 9.69 Å². The van der Waals surface area contributed by atoms with Crippen LogP contribution < -0.4 is 5.32 Å². The molecule has 0 saturated carbocycles. The van der Waals surface area contributed by atoms with E-state index >= 15 is 0 Å². The molecule has 0 spiro atoms. The van der Waals surface area contributed by atoms with E-state index in [-0.39, 0.29) is 35.2 Å². The molecule has 2 aromatic rings. The molecule has 1 fully saturated rings. The first-order valence-electron chi connectivity index (χ1n) is 16.9. The minimum atomic E-state index is -2.64. The maximum absolute atomic E-state index is 14.5. The van der Waals surface area contributed by atoms with E-state index in [0.717, 1.165) is 12.5 Å². The van der Waals surface area contributed by atoms with Crippen molar-refractivity contribution in [3.05, 3.63) is 70.3 Å². The standard InChI is InChI=1S/C37H54F2N2O7Si/c1-12-13-46-29-21-31(41(22-29)35(44)47-36(3,4)5)32(48-49(10,11)37(6,7)8)30(18-24-16-27(38)20-28(39)17-24)40-33(42)25-14-23(2)15-26(19-25)34(43)45-9/h14-17,19-20,29-32H,12-13,18,21-22H2,1-11H3,(H,40,42)/t29?,30-,31?,32-/m0/s1. The van der Waals surface area contributed by atoms with Gasteiger partial charge in [-0.25, -0.2) is 18.4 Å². The van der Waals surface area contributed by atoms with E-state index in [0.29, 0.717) is 24.2 Å². The Balaban J connectivity index is 2.21. The number of nitrogens with zero attached hydrogens (tertiary/aromatic N) is 1. The number of likely N-dealkylation sites (tertiary alicyclic amines) is 1. The molecule has 2 amide bonds. The molecule has 9 nitrogen and oxygen atoms in total. The Morgan fingerprint density at radius 3 is 2.14 bits per heavy atom. The predicted octanol–water partition coefficient (Wildman–Crippen LogP) is 7.60. The summed E-state index contributed by atoms with van der Waals surface area (Å²) in [6, 6.07) is 6.42. The summed E-state index contributed by atoms with van der Waals surface area (Å²) in [5.41, 5.74) is 0.574. The van der Waals surface area contributed by atoms with Crippen molar-refractivity contribution in [3.63, 3.8) is 0 Å². The van der Waals surface area contributed by atoms with Gasteiger partial charge in [0.15, 0.2) is 8.32 Å². The first-order valence-corrected chi connectivity index (χ1v) is 19.8. The maximum Gasteiger partial charge on any atom is 0.410 e. The first kappa shape index (κ1) is 40.1. The lowest BCUT2D eigenvalue weighted by Crippen LogP contribution is -2.60. The Hall–Kier alpha value is -3.35. The van der Waals surface area contributed by atoms with Crippen molar-refractivity contribution in [2.75, 3.05) is 20.3 Å². The van der Waals surface area contributed by atoms with Gasteiger partial charge in [-0.1, -0.05) is 27.7 Å². The number of aryl methyl sites for hydroxylation is 1. The Morgan fingerprint density at radius 1 is 0.980 bits per heavy atom. The number of nitrogens with one attached hydrogen (secondary N) is 1. The Kier molecular flexibility index (Phi) is 13.2. The summed E-state index contributed by atoms with van der Waals surface area (Å²) >= 11 is 0. The van der Waals surface area contributed by atoms with Gasteiger partial charge in [-0.2, -0.15) is 0 Å². The number of carbonyl (C=O) groups is 3. The topological polar surface area (TPSA) is 103 Å². The highest BCUT2D eigenvalue weighted by Crippen LogP contribution is 2.40. The van der Waals surface area contributed by atoms with Crippen LogP contribution in [0.15, 0.2) is 36.4 Å². The zero-order chi connectivity index (χ0) is 36.9. The third-order valence-electron chi connectivity index (χ3n) is 8.96. The summed E-state index contributed by atoms with van der Waals surface area (Å²) in [4.78, 5) is 41.9. The third-order valence-corrected chi connectivity index (χ3v) is 13.4. The second kappa shape index (κ2) is 16.1. The van der Waals surface area contributed by atoms with Crippen LogP contribution in [0.3, 0.4) is 0 Å². The molecular weight excluding hydrogens is 650 g/mol. The van der Waals surface area contributed by atoms with Gasteiger partial charge in [-0.15, -0.1) is 0 Å². The van der Waals surface area contributed by atoms with Crippen LogP contribution in [0.1, 0.15) is 93.2 Å². The van der Waals surface area contributed by atoms with Gasteiger partial charge in [0.25, 0.3) is 5.91 Å². The highest BCUT2D eigenvalue weighted by Gasteiger charge is 2.49. The van der Waals surface area contributed by atoms with Gasteiger partial charge in [0.1, 0.15) is 17.2 Å². The first-order chi connectivity index (χ1) is 22.6. The molecule has 0 aliphatic carbocycles. The van der Waals surface area contributed by atoms with Crippen LogP contribution in [0.5, 0.6) is 0 Å². The van der Waals surface area contributed by atoms with Crippen molar-refractivity contribution in [1.82, 2.24) is 10.2 Å². The van der Waals surface area contributed by atoms with Gasteiger partial charge in [0, 0.05) is 18.2 Å². The summed E-state index contributed by atoms with van der Waals surface area (Å²) in [5, 5.41) is 2.82. The van der Waals surface area contributed by atoms with Gasteiger partial charge in [0.05, 0.1) is 43.5 Å². The predicted molar refractivity (Wildman–Crippen MR) is 187 cm³/mol. The van der Waals surface area contributed by atoms with E-state index in [1.54, 1.807) is 44.7 Å². The minimum Gasteiger partial charge on any atom is -0.465 e. The third kappa shape index (κ3) is 11.1. The lowest BCUT2D eigenvalue weighted by Gasteiger charge is -2.45. The van der Waals surface area contributed by atoms with Crippen LogP contribution in [0, 0.1) is 18.6 Å². The largest absolute Gasteiger partial charge is 0.465 e. The highest BCUT2D eigenvalue weighted by atomic mass is 28.4.